The van der Waals surface area contributed by atoms with Crippen molar-refractivity contribution in [2.75, 3.05) is 11.9 Å². The number of benzene rings is 1. The summed E-state index contributed by atoms with van der Waals surface area (Å²) in [6.07, 6.45) is 5.80. The molecule has 0 spiro atoms. The van der Waals surface area contributed by atoms with Gasteiger partial charge in [0.1, 0.15) is 5.82 Å². The molecule has 0 aromatic heterocycles. The highest BCUT2D eigenvalue weighted by Gasteiger charge is 2.28. The van der Waals surface area contributed by atoms with E-state index in [9.17, 15) is 9.18 Å². The zero-order valence-electron chi connectivity index (χ0n) is 12.5. The second kappa shape index (κ2) is 6.14. The standard InChI is InChI=1S/C17H23FN2O/c1-2-7-19-16(8-11-3-4-11)13-9-12-5-6-17(21)20-15(12)10-14(13)18/h9-11,16,19H,2-8H2,1H3,(H,20,21). The number of rotatable bonds is 6. The van der Waals surface area contributed by atoms with E-state index >= 15 is 0 Å². The summed E-state index contributed by atoms with van der Waals surface area (Å²) in [5.41, 5.74) is 2.48. The van der Waals surface area contributed by atoms with Gasteiger partial charge in [0.2, 0.25) is 5.91 Å². The second-order valence-electron chi connectivity index (χ2n) is 6.26. The second-order valence-corrected chi connectivity index (χ2v) is 6.26. The van der Waals surface area contributed by atoms with Crippen molar-refractivity contribution >= 4 is 11.6 Å². The molecule has 1 aliphatic carbocycles. The maximum atomic E-state index is 14.5. The van der Waals surface area contributed by atoms with Gasteiger partial charge in [-0.05, 0) is 49.4 Å². The molecule has 114 valence electrons. The van der Waals surface area contributed by atoms with E-state index in [0.717, 1.165) is 36.4 Å². The number of carbonyl (C=O) groups is 1. The van der Waals surface area contributed by atoms with Crippen LogP contribution in [0.4, 0.5) is 10.1 Å². The summed E-state index contributed by atoms with van der Waals surface area (Å²) in [5.74, 6) is 0.521. The van der Waals surface area contributed by atoms with Crippen molar-refractivity contribution in [1.82, 2.24) is 5.32 Å². The average Bonchev–Trinajstić information content (AvgIpc) is 3.27. The minimum atomic E-state index is -0.204. The first-order valence-electron chi connectivity index (χ1n) is 8.03. The first kappa shape index (κ1) is 14.5. The number of hydrogen-bond acceptors (Lipinski definition) is 2. The lowest BCUT2D eigenvalue weighted by Crippen LogP contribution is -2.25. The van der Waals surface area contributed by atoms with E-state index in [1.807, 2.05) is 6.07 Å². The van der Waals surface area contributed by atoms with Crippen molar-refractivity contribution in [2.24, 2.45) is 5.92 Å². The third-order valence-electron chi connectivity index (χ3n) is 4.40. The minimum Gasteiger partial charge on any atom is -0.326 e. The van der Waals surface area contributed by atoms with E-state index in [2.05, 4.69) is 17.6 Å². The van der Waals surface area contributed by atoms with Crippen LogP contribution in [0.5, 0.6) is 0 Å². The number of halogens is 1. The van der Waals surface area contributed by atoms with E-state index in [1.165, 1.54) is 18.9 Å². The lowest BCUT2D eigenvalue weighted by atomic mass is 9.94. The summed E-state index contributed by atoms with van der Waals surface area (Å²) in [7, 11) is 0. The van der Waals surface area contributed by atoms with Crippen LogP contribution >= 0.6 is 0 Å². The summed E-state index contributed by atoms with van der Waals surface area (Å²) in [6, 6.07) is 3.55. The number of anilines is 1. The number of nitrogens with one attached hydrogen (secondary N) is 2. The molecule has 0 saturated heterocycles. The van der Waals surface area contributed by atoms with Crippen LogP contribution in [0.2, 0.25) is 0 Å². The van der Waals surface area contributed by atoms with Crippen molar-refractivity contribution in [3.05, 3.63) is 29.1 Å². The third kappa shape index (κ3) is 3.43. The molecule has 1 atom stereocenters. The van der Waals surface area contributed by atoms with Crippen LogP contribution in [0.15, 0.2) is 12.1 Å². The highest BCUT2D eigenvalue weighted by molar-refractivity contribution is 5.93. The normalized spacial score (nSPS) is 19.0. The van der Waals surface area contributed by atoms with Crippen molar-refractivity contribution in [3.8, 4) is 0 Å². The molecule has 2 aliphatic rings. The van der Waals surface area contributed by atoms with Crippen LogP contribution in [-0.2, 0) is 11.2 Å². The molecular formula is C17H23FN2O. The molecule has 0 radical (unpaired) electrons. The third-order valence-corrected chi connectivity index (χ3v) is 4.40. The van der Waals surface area contributed by atoms with Gasteiger partial charge in [0.25, 0.3) is 0 Å². The number of aryl methyl sites for hydroxylation is 1. The maximum absolute atomic E-state index is 14.5. The SMILES string of the molecule is CCCNC(CC1CC1)c1cc2c(cc1F)NC(=O)CC2. The number of amides is 1. The average molecular weight is 290 g/mol. The zero-order valence-corrected chi connectivity index (χ0v) is 12.5. The largest absolute Gasteiger partial charge is 0.326 e. The molecule has 4 heteroatoms. The van der Waals surface area contributed by atoms with Gasteiger partial charge in [-0.1, -0.05) is 19.8 Å². The van der Waals surface area contributed by atoms with E-state index in [0.29, 0.717) is 18.5 Å². The van der Waals surface area contributed by atoms with Gasteiger partial charge in [0.05, 0.1) is 0 Å². The van der Waals surface area contributed by atoms with Crippen LogP contribution in [0, 0.1) is 11.7 Å². The minimum absolute atomic E-state index is 0.0201. The predicted octanol–water partition coefficient (Wildman–Crippen LogP) is 3.55. The van der Waals surface area contributed by atoms with E-state index in [4.69, 9.17) is 0 Å². The van der Waals surface area contributed by atoms with Crippen molar-refractivity contribution < 1.29 is 9.18 Å². The van der Waals surface area contributed by atoms with Gasteiger partial charge >= 0.3 is 0 Å². The summed E-state index contributed by atoms with van der Waals surface area (Å²) >= 11 is 0. The van der Waals surface area contributed by atoms with Crippen molar-refractivity contribution in [1.29, 1.82) is 0 Å². The summed E-state index contributed by atoms with van der Waals surface area (Å²) in [4.78, 5) is 11.4. The molecular weight excluding hydrogens is 267 g/mol. The van der Waals surface area contributed by atoms with Gasteiger partial charge in [-0.15, -0.1) is 0 Å². The summed E-state index contributed by atoms with van der Waals surface area (Å²) < 4.78 is 14.5. The van der Waals surface area contributed by atoms with Gasteiger partial charge < -0.3 is 10.6 Å². The summed E-state index contributed by atoms with van der Waals surface area (Å²) in [6.45, 7) is 3.03. The molecule has 1 amide bonds. The monoisotopic (exact) mass is 290 g/mol. The molecule has 0 bridgehead atoms. The fourth-order valence-electron chi connectivity index (χ4n) is 3.01. The molecule has 1 heterocycles. The Morgan fingerprint density at radius 3 is 2.90 bits per heavy atom. The Kier molecular flexibility index (Phi) is 4.24. The maximum Gasteiger partial charge on any atom is 0.224 e. The van der Waals surface area contributed by atoms with Gasteiger partial charge in [0.15, 0.2) is 0 Å². The molecule has 1 unspecified atom stereocenters. The Bertz CT molecular complexity index is 540. The first-order valence-corrected chi connectivity index (χ1v) is 8.03. The first-order chi connectivity index (χ1) is 10.2. The fourth-order valence-corrected chi connectivity index (χ4v) is 3.01. The van der Waals surface area contributed by atoms with E-state index in [-0.39, 0.29) is 17.8 Å². The lowest BCUT2D eigenvalue weighted by molar-refractivity contribution is -0.116. The Labute approximate surface area is 125 Å². The van der Waals surface area contributed by atoms with Crippen LogP contribution in [0.1, 0.15) is 56.2 Å². The molecule has 1 aromatic rings. The summed E-state index contributed by atoms with van der Waals surface area (Å²) in [5, 5.41) is 6.25. The van der Waals surface area contributed by atoms with Crippen molar-refractivity contribution in [2.45, 2.75) is 51.5 Å². The van der Waals surface area contributed by atoms with Crippen LogP contribution in [-0.4, -0.2) is 12.5 Å². The number of hydrogen-bond donors (Lipinski definition) is 2. The molecule has 1 aromatic carbocycles. The van der Waals surface area contributed by atoms with Gasteiger partial charge in [-0.3, -0.25) is 4.79 Å². The topological polar surface area (TPSA) is 41.1 Å². The molecule has 2 N–H and O–H groups in total. The molecule has 21 heavy (non-hydrogen) atoms. The van der Waals surface area contributed by atoms with Crippen molar-refractivity contribution in [3.63, 3.8) is 0 Å². The van der Waals surface area contributed by atoms with Gasteiger partial charge in [-0.2, -0.15) is 0 Å². The predicted molar refractivity (Wildman–Crippen MR) is 81.7 cm³/mol. The van der Waals surface area contributed by atoms with Gasteiger partial charge in [-0.25, -0.2) is 4.39 Å². The zero-order chi connectivity index (χ0) is 14.8. The quantitative estimate of drug-likeness (QED) is 0.841. The van der Waals surface area contributed by atoms with E-state index < -0.39 is 0 Å². The Morgan fingerprint density at radius 2 is 2.19 bits per heavy atom. The fraction of sp³-hybridized carbons (Fsp3) is 0.588. The molecule has 1 aliphatic heterocycles. The Balaban J connectivity index is 1.85. The molecule has 3 nitrogen and oxygen atoms in total. The highest BCUT2D eigenvalue weighted by Crippen LogP contribution is 2.39. The van der Waals surface area contributed by atoms with Crippen LogP contribution in [0.25, 0.3) is 0 Å². The molecule has 1 saturated carbocycles. The molecule has 1 fully saturated rings. The smallest absolute Gasteiger partial charge is 0.224 e. The lowest BCUT2D eigenvalue weighted by Gasteiger charge is -2.23. The highest BCUT2D eigenvalue weighted by atomic mass is 19.1. The molecule has 3 rings (SSSR count). The van der Waals surface area contributed by atoms with Crippen LogP contribution in [0.3, 0.4) is 0 Å². The Hall–Kier alpha value is -1.42. The van der Waals surface area contributed by atoms with Gasteiger partial charge in [0, 0.05) is 23.7 Å². The van der Waals surface area contributed by atoms with Crippen LogP contribution < -0.4 is 10.6 Å². The van der Waals surface area contributed by atoms with E-state index in [1.54, 1.807) is 0 Å². The number of carbonyl (C=O) groups excluding carboxylic acids is 1. The number of fused-ring (bicyclic) bond motifs is 1. The Morgan fingerprint density at radius 1 is 1.38 bits per heavy atom.